The maximum absolute atomic E-state index is 12.7. The van der Waals surface area contributed by atoms with Gasteiger partial charge in [0.1, 0.15) is 23.9 Å². The molecule has 0 radical (unpaired) electrons. The van der Waals surface area contributed by atoms with Gasteiger partial charge in [0, 0.05) is 6.20 Å². The molecule has 1 aromatic carbocycles. The number of fused-ring (bicyclic) bond motifs is 1. The summed E-state index contributed by atoms with van der Waals surface area (Å²) in [5.41, 5.74) is 3.59. The van der Waals surface area contributed by atoms with Gasteiger partial charge in [0.15, 0.2) is 5.82 Å². The lowest BCUT2D eigenvalue weighted by Gasteiger charge is -2.30. The highest BCUT2D eigenvalue weighted by Crippen LogP contribution is 2.35. The molecule has 2 amide bonds. The maximum Gasteiger partial charge on any atom is 0.322 e. The van der Waals surface area contributed by atoms with Crippen LogP contribution in [0, 0.1) is 13.8 Å². The van der Waals surface area contributed by atoms with E-state index in [0.717, 1.165) is 22.6 Å². The van der Waals surface area contributed by atoms with Crippen molar-refractivity contribution in [2.45, 2.75) is 20.4 Å². The SMILES string of the molecule is Cc1cc(C)c2c(c1)N(C(=O)NCc1nc(-c3ccccn3)n[nH]1)CCO2. The number of amides is 2. The first-order valence-electron chi connectivity index (χ1n) is 8.74. The lowest BCUT2D eigenvalue weighted by molar-refractivity contribution is 0.239. The summed E-state index contributed by atoms with van der Waals surface area (Å²) in [6, 6.07) is 9.37. The van der Waals surface area contributed by atoms with Crippen molar-refractivity contribution in [2.75, 3.05) is 18.1 Å². The molecule has 2 aromatic heterocycles. The van der Waals surface area contributed by atoms with Gasteiger partial charge < -0.3 is 10.1 Å². The monoisotopic (exact) mass is 364 g/mol. The summed E-state index contributed by atoms with van der Waals surface area (Å²) in [5, 5.41) is 9.88. The number of nitrogens with one attached hydrogen (secondary N) is 2. The van der Waals surface area contributed by atoms with Crippen molar-refractivity contribution in [2.24, 2.45) is 0 Å². The van der Waals surface area contributed by atoms with Crippen LogP contribution >= 0.6 is 0 Å². The third kappa shape index (κ3) is 3.46. The van der Waals surface area contributed by atoms with E-state index < -0.39 is 0 Å². The smallest absolute Gasteiger partial charge is 0.322 e. The molecular weight excluding hydrogens is 344 g/mol. The Morgan fingerprint density at radius 1 is 1.33 bits per heavy atom. The Balaban J connectivity index is 1.46. The molecule has 0 atom stereocenters. The van der Waals surface area contributed by atoms with Crippen LogP contribution in [0.3, 0.4) is 0 Å². The van der Waals surface area contributed by atoms with Crippen LogP contribution in [0.15, 0.2) is 36.5 Å². The number of aryl methyl sites for hydroxylation is 2. The molecule has 2 N–H and O–H groups in total. The van der Waals surface area contributed by atoms with Gasteiger partial charge in [0.05, 0.1) is 18.8 Å². The summed E-state index contributed by atoms with van der Waals surface area (Å²) in [7, 11) is 0. The van der Waals surface area contributed by atoms with Crippen LogP contribution in [-0.4, -0.2) is 39.3 Å². The summed E-state index contributed by atoms with van der Waals surface area (Å²) < 4.78 is 5.75. The average molecular weight is 364 g/mol. The highest BCUT2D eigenvalue weighted by atomic mass is 16.5. The number of carbonyl (C=O) groups is 1. The van der Waals surface area contributed by atoms with Gasteiger partial charge in [-0.15, -0.1) is 0 Å². The molecule has 1 aliphatic rings. The minimum Gasteiger partial charge on any atom is -0.489 e. The molecule has 0 aliphatic carbocycles. The third-order valence-electron chi connectivity index (χ3n) is 4.33. The van der Waals surface area contributed by atoms with Gasteiger partial charge in [0.2, 0.25) is 0 Å². The molecule has 8 heteroatoms. The summed E-state index contributed by atoms with van der Waals surface area (Å²) in [6.07, 6.45) is 1.69. The second kappa shape index (κ2) is 7.06. The van der Waals surface area contributed by atoms with E-state index in [2.05, 4.69) is 25.5 Å². The predicted molar refractivity (Wildman–Crippen MR) is 101 cm³/mol. The number of ether oxygens (including phenoxy) is 1. The summed E-state index contributed by atoms with van der Waals surface area (Å²) in [6.45, 7) is 5.20. The van der Waals surface area contributed by atoms with Crippen molar-refractivity contribution >= 4 is 11.7 Å². The largest absolute Gasteiger partial charge is 0.489 e. The lowest BCUT2D eigenvalue weighted by Crippen LogP contribution is -2.44. The van der Waals surface area contributed by atoms with Crippen molar-refractivity contribution in [3.8, 4) is 17.3 Å². The predicted octanol–water partition coefficient (Wildman–Crippen LogP) is 2.59. The number of nitrogens with zero attached hydrogens (tertiary/aromatic N) is 4. The number of aromatic nitrogens is 4. The molecule has 0 saturated heterocycles. The Morgan fingerprint density at radius 2 is 2.22 bits per heavy atom. The van der Waals surface area contributed by atoms with Crippen molar-refractivity contribution in [1.82, 2.24) is 25.5 Å². The quantitative estimate of drug-likeness (QED) is 0.745. The number of hydrogen-bond acceptors (Lipinski definition) is 5. The fourth-order valence-electron chi connectivity index (χ4n) is 3.13. The van der Waals surface area contributed by atoms with E-state index in [1.807, 2.05) is 44.2 Å². The van der Waals surface area contributed by atoms with Gasteiger partial charge in [0.25, 0.3) is 0 Å². The van der Waals surface area contributed by atoms with Gasteiger partial charge in [-0.05, 0) is 43.2 Å². The molecular formula is C19H20N6O2. The zero-order valence-corrected chi connectivity index (χ0v) is 15.2. The number of H-pyrrole nitrogens is 1. The number of carbonyl (C=O) groups excluding carboxylic acids is 1. The number of benzene rings is 1. The van der Waals surface area contributed by atoms with Crippen molar-refractivity contribution in [3.63, 3.8) is 0 Å². The van der Waals surface area contributed by atoms with E-state index in [0.29, 0.717) is 30.5 Å². The average Bonchev–Trinajstić information content (AvgIpc) is 3.15. The van der Waals surface area contributed by atoms with E-state index in [4.69, 9.17) is 4.74 Å². The fourth-order valence-corrected chi connectivity index (χ4v) is 3.13. The summed E-state index contributed by atoms with van der Waals surface area (Å²) in [4.78, 5) is 23.0. The van der Waals surface area contributed by atoms with Crippen LogP contribution in [0.1, 0.15) is 17.0 Å². The number of hydrogen-bond donors (Lipinski definition) is 2. The van der Waals surface area contributed by atoms with Crippen molar-refractivity contribution in [3.05, 3.63) is 53.5 Å². The first-order chi connectivity index (χ1) is 13.1. The van der Waals surface area contributed by atoms with E-state index in [1.165, 1.54) is 0 Å². The van der Waals surface area contributed by atoms with Crippen LogP contribution in [-0.2, 0) is 6.54 Å². The van der Waals surface area contributed by atoms with Crippen LogP contribution in [0.2, 0.25) is 0 Å². The molecule has 0 fully saturated rings. The number of urea groups is 1. The number of pyridine rings is 1. The Morgan fingerprint density at radius 3 is 3.04 bits per heavy atom. The zero-order chi connectivity index (χ0) is 18.8. The summed E-state index contributed by atoms with van der Waals surface area (Å²) >= 11 is 0. The molecule has 4 rings (SSSR count). The topological polar surface area (TPSA) is 96.0 Å². The first kappa shape index (κ1) is 17.0. The zero-order valence-electron chi connectivity index (χ0n) is 15.2. The van der Waals surface area contributed by atoms with Gasteiger partial charge >= 0.3 is 6.03 Å². The van der Waals surface area contributed by atoms with Gasteiger partial charge in [-0.2, -0.15) is 5.10 Å². The van der Waals surface area contributed by atoms with E-state index >= 15 is 0 Å². The summed E-state index contributed by atoms with van der Waals surface area (Å²) in [5.74, 6) is 1.83. The van der Waals surface area contributed by atoms with Gasteiger partial charge in [-0.25, -0.2) is 9.78 Å². The Labute approximate surface area is 156 Å². The van der Waals surface area contributed by atoms with Gasteiger partial charge in [-0.3, -0.25) is 15.0 Å². The van der Waals surface area contributed by atoms with E-state index in [1.54, 1.807) is 11.1 Å². The van der Waals surface area contributed by atoms with Crippen LogP contribution in [0.4, 0.5) is 10.5 Å². The Kier molecular flexibility index (Phi) is 4.45. The second-order valence-electron chi connectivity index (χ2n) is 6.41. The molecule has 1 aliphatic heterocycles. The molecule has 8 nitrogen and oxygen atoms in total. The highest BCUT2D eigenvalue weighted by Gasteiger charge is 2.25. The second-order valence-corrected chi connectivity index (χ2v) is 6.41. The third-order valence-corrected chi connectivity index (χ3v) is 4.33. The normalized spacial score (nSPS) is 13.0. The van der Waals surface area contributed by atoms with Crippen LogP contribution < -0.4 is 15.0 Å². The van der Waals surface area contributed by atoms with E-state index in [9.17, 15) is 4.79 Å². The minimum absolute atomic E-state index is 0.194. The molecule has 3 heterocycles. The van der Waals surface area contributed by atoms with Crippen molar-refractivity contribution < 1.29 is 9.53 Å². The Bertz CT molecular complexity index is 970. The maximum atomic E-state index is 12.7. The molecule has 0 saturated carbocycles. The first-order valence-corrected chi connectivity index (χ1v) is 8.74. The number of anilines is 1. The minimum atomic E-state index is -0.194. The number of aromatic amines is 1. The lowest BCUT2D eigenvalue weighted by atomic mass is 10.1. The van der Waals surface area contributed by atoms with E-state index in [-0.39, 0.29) is 12.6 Å². The molecule has 0 spiro atoms. The Hall–Kier alpha value is -3.42. The molecule has 0 bridgehead atoms. The molecule has 138 valence electrons. The number of rotatable bonds is 3. The van der Waals surface area contributed by atoms with Crippen LogP contribution in [0.5, 0.6) is 5.75 Å². The van der Waals surface area contributed by atoms with Gasteiger partial charge in [-0.1, -0.05) is 12.1 Å². The van der Waals surface area contributed by atoms with Crippen molar-refractivity contribution in [1.29, 1.82) is 0 Å². The van der Waals surface area contributed by atoms with Crippen LogP contribution in [0.25, 0.3) is 11.5 Å². The standard InChI is InChI=1S/C19H20N6O2/c1-12-9-13(2)17-15(10-12)25(7-8-27-17)19(26)21-11-16-22-18(24-23-16)14-5-3-4-6-20-14/h3-6,9-10H,7-8,11H2,1-2H3,(H,21,26)(H,22,23,24). The molecule has 27 heavy (non-hydrogen) atoms. The fraction of sp³-hybridized carbons (Fsp3) is 0.263. The molecule has 3 aromatic rings. The molecule has 0 unspecified atom stereocenters. The highest BCUT2D eigenvalue weighted by molar-refractivity contribution is 5.94.